The summed E-state index contributed by atoms with van der Waals surface area (Å²) in [6, 6.07) is 7.87. The maximum atomic E-state index is 12.3. The Hall–Kier alpha value is -1.84. The Bertz CT molecular complexity index is 567. The van der Waals surface area contributed by atoms with Crippen LogP contribution in [-0.4, -0.2) is 28.8 Å². The van der Waals surface area contributed by atoms with Crippen LogP contribution in [0.4, 0.5) is 5.69 Å². The Morgan fingerprint density at radius 2 is 1.71 bits per heavy atom. The lowest BCUT2D eigenvalue weighted by Crippen LogP contribution is -2.36. The smallest absolute Gasteiger partial charge is 0.252 e. The molecule has 1 atom stereocenters. The Kier molecular flexibility index (Phi) is 3.27. The number of rotatable bonds is 3. The van der Waals surface area contributed by atoms with Gasteiger partial charge in [0.2, 0.25) is 5.91 Å². The maximum absolute atomic E-state index is 12.3. The number of hydrogen-bond donors (Lipinski definition) is 1. The molecule has 21 heavy (non-hydrogen) atoms. The average molecular weight is 286 g/mol. The lowest BCUT2D eigenvalue weighted by Gasteiger charge is -2.20. The molecule has 0 aromatic heterocycles. The standard InChI is InChI=1S/C17H22N2O2/c1-17(2,3)11-4-6-12(7-5-11)18-14-10-15(20)19(16(14)21)13-8-9-13/h4-7,13-14,18H,8-10H2,1-3H3/t14-/m0/s1. The van der Waals surface area contributed by atoms with E-state index >= 15 is 0 Å². The molecular weight excluding hydrogens is 264 g/mol. The van der Waals surface area contributed by atoms with Gasteiger partial charge < -0.3 is 5.32 Å². The number of amides is 2. The van der Waals surface area contributed by atoms with E-state index in [1.165, 1.54) is 10.5 Å². The molecule has 0 bridgehead atoms. The zero-order valence-electron chi connectivity index (χ0n) is 12.8. The maximum Gasteiger partial charge on any atom is 0.252 e. The largest absolute Gasteiger partial charge is 0.373 e. The van der Waals surface area contributed by atoms with Crippen molar-refractivity contribution >= 4 is 17.5 Å². The summed E-state index contributed by atoms with van der Waals surface area (Å²) in [6.45, 7) is 6.51. The number of benzene rings is 1. The second-order valence-electron chi connectivity index (χ2n) is 7.06. The number of imide groups is 1. The van der Waals surface area contributed by atoms with Crippen molar-refractivity contribution in [3.8, 4) is 0 Å². The number of anilines is 1. The first-order valence-electron chi connectivity index (χ1n) is 7.59. The normalized spacial score (nSPS) is 22.8. The van der Waals surface area contributed by atoms with Gasteiger partial charge in [0, 0.05) is 11.7 Å². The van der Waals surface area contributed by atoms with Crippen molar-refractivity contribution in [2.75, 3.05) is 5.32 Å². The minimum absolute atomic E-state index is 0.0358. The van der Waals surface area contributed by atoms with Gasteiger partial charge in [0.1, 0.15) is 6.04 Å². The van der Waals surface area contributed by atoms with Crippen LogP contribution in [0.2, 0.25) is 0 Å². The SMILES string of the molecule is CC(C)(C)c1ccc(N[C@H]2CC(=O)N(C3CC3)C2=O)cc1. The number of carbonyl (C=O) groups excluding carboxylic acids is 2. The Labute approximate surface area is 125 Å². The highest BCUT2D eigenvalue weighted by atomic mass is 16.2. The molecule has 0 unspecified atom stereocenters. The zero-order valence-corrected chi connectivity index (χ0v) is 12.8. The molecule has 1 aromatic rings. The highest BCUT2D eigenvalue weighted by Crippen LogP contribution is 2.32. The monoisotopic (exact) mass is 286 g/mol. The number of hydrogen-bond acceptors (Lipinski definition) is 3. The molecule has 112 valence electrons. The van der Waals surface area contributed by atoms with Gasteiger partial charge in [0.05, 0.1) is 6.42 Å². The number of carbonyl (C=O) groups is 2. The highest BCUT2D eigenvalue weighted by Gasteiger charge is 2.46. The summed E-state index contributed by atoms with van der Waals surface area (Å²) in [7, 11) is 0. The molecule has 0 radical (unpaired) electrons. The van der Waals surface area contributed by atoms with Gasteiger partial charge in [0.15, 0.2) is 0 Å². The topological polar surface area (TPSA) is 49.4 Å². The molecular formula is C17H22N2O2. The van der Waals surface area contributed by atoms with Crippen LogP contribution < -0.4 is 5.32 Å². The number of nitrogens with one attached hydrogen (secondary N) is 1. The molecule has 1 aliphatic heterocycles. The van der Waals surface area contributed by atoms with E-state index in [4.69, 9.17) is 0 Å². The predicted molar refractivity (Wildman–Crippen MR) is 82.0 cm³/mol. The van der Waals surface area contributed by atoms with E-state index in [1.54, 1.807) is 0 Å². The third-order valence-corrected chi connectivity index (χ3v) is 4.19. The molecule has 1 aliphatic carbocycles. The van der Waals surface area contributed by atoms with Gasteiger partial charge in [-0.15, -0.1) is 0 Å². The van der Waals surface area contributed by atoms with Gasteiger partial charge in [-0.25, -0.2) is 0 Å². The van der Waals surface area contributed by atoms with Gasteiger partial charge in [-0.3, -0.25) is 14.5 Å². The second kappa shape index (κ2) is 4.86. The van der Waals surface area contributed by atoms with Crippen molar-refractivity contribution in [1.82, 2.24) is 4.90 Å². The van der Waals surface area contributed by atoms with Crippen molar-refractivity contribution < 1.29 is 9.59 Å². The summed E-state index contributed by atoms with van der Waals surface area (Å²) >= 11 is 0. The lowest BCUT2D eigenvalue weighted by molar-refractivity contribution is -0.139. The van der Waals surface area contributed by atoms with E-state index < -0.39 is 6.04 Å². The summed E-state index contributed by atoms with van der Waals surface area (Å²) < 4.78 is 0. The van der Waals surface area contributed by atoms with Crippen LogP contribution in [0.15, 0.2) is 24.3 Å². The summed E-state index contributed by atoms with van der Waals surface area (Å²) in [4.78, 5) is 25.6. The minimum atomic E-state index is -0.404. The first-order chi connectivity index (χ1) is 9.86. The molecule has 4 nitrogen and oxygen atoms in total. The van der Waals surface area contributed by atoms with Crippen LogP contribution in [0.1, 0.15) is 45.6 Å². The first-order valence-corrected chi connectivity index (χ1v) is 7.59. The molecule has 1 heterocycles. The summed E-state index contributed by atoms with van der Waals surface area (Å²) in [6.07, 6.45) is 2.20. The number of nitrogens with zero attached hydrogens (tertiary/aromatic N) is 1. The Morgan fingerprint density at radius 1 is 1.10 bits per heavy atom. The second-order valence-corrected chi connectivity index (χ2v) is 7.06. The third kappa shape index (κ3) is 2.80. The van der Waals surface area contributed by atoms with Crippen LogP contribution in [-0.2, 0) is 15.0 Å². The van der Waals surface area contributed by atoms with E-state index in [1.807, 2.05) is 12.1 Å². The zero-order chi connectivity index (χ0) is 15.2. The van der Waals surface area contributed by atoms with Crippen LogP contribution in [0, 0.1) is 0 Å². The number of likely N-dealkylation sites (tertiary alicyclic amines) is 1. The van der Waals surface area contributed by atoms with Gasteiger partial charge in [-0.1, -0.05) is 32.9 Å². The molecule has 3 rings (SSSR count). The van der Waals surface area contributed by atoms with Gasteiger partial charge >= 0.3 is 0 Å². The van der Waals surface area contributed by atoms with E-state index in [0.717, 1.165) is 18.5 Å². The van der Waals surface area contributed by atoms with Crippen molar-refractivity contribution in [3.05, 3.63) is 29.8 Å². The molecule has 4 heteroatoms. The summed E-state index contributed by atoms with van der Waals surface area (Å²) in [5.74, 6) is -0.103. The minimum Gasteiger partial charge on any atom is -0.373 e. The van der Waals surface area contributed by atoms with Crippen LogP contribution >= 0.6 is 0 Å². The molecule has 2 fully saturated rings. The highest BCUT2D eigenvalue weighted by molar-refractivity contribution is 6.07. The van der Waals surface area contributed by atoms with Gasteiger partial charge in [-0.05, 0) is 36.0 Å². The Balaban J connectivity index is 1.69. The van der Waals surface area contributed by atoms with Gasteiger partial charge in [0.25, 0.3) is 5.91 Å². The van der Waals surface area contributed by atoms with Crippen molar-refractivity contribution in [3.63, 3.8) is 0 Å². The first kappa shape index (κ1) is 14.1. The predicted octanol–water partition coefficient (Wildman–Crippen LogP) is 2.69. The molecule has 1 saturated heterocycles. The van der Waals surface area contributed by atoms with E-state index in [2.05, 4.69) is 38.2 Å². The average Bonchev–Trinajstić information content (AvgIpc) is 3.18. The van der Waals surface area contributed by atoms with Gasteiger partial charge in [-0.2, -0.15) is 0 Å². The fourth-order valence-corrected chi connectivity index (χ4v) is 2.75. The fraction of sp³-hybridized carbons (Fsp3) is 0.529. The Morgan fingerprint density at radius 3 is 2.24 bits per heavy atom. The van der Waals surface area contributed by atoms with E-state index in [9.17, 15) is 9.59 Å². The quantitative estimate of drug-likeness (QED) is 0.869. The van der Waals surface area contributed by atoms with Crippen molar-refractivity contribution in [2.45, 2.75) is 57.5 Å². The van der Waals surface area contributed by atoms with Crippen LogP contribution in [0.5, 0.6) is 0 Å². The van der Waals surface area contributed by atoms with Crippen LogP contribution in [0.3, 0.4) is 0 Å². The molecule has 2 aliphatic rings. The van der Waals surface area contributed by atoms with Crippen molar-refractivity contribution in [2.24, 2.45) is 0 Å². The fourth-order valence-electron chi connectivity index (χ4n) is 2.75. The van der Waals surface area contributed by atoms with E-state index in [0.29, 0.717) is 0 Å². The molecule has 2 amide bonds. The molecule has 1 saturated carbocycles. The van der Waals surface area contributed by atoms with Crippen LogP contribution in [0.25, 0.3) is 0 Å². The summed E-state index contributed by atoms with van der Waals surface area (Å²) in [5.41, 5.74) is 2.26. The molecule has 0 spiro atoms. The van der Waals surface area contributed by atoms with Crippen molar-refractivity contribution in [1.29, 1.82) is 0 Å². The molecule has 1 N–H and O–H groups in total. The summed E-state index contributed by atoms with van der Waals surface area (Å²) in [5, 5.41) is 3.20. The molecule has 1 aromatic carbocycles. The van der Waals surface area contributed by atoms with E-state index in [-0.39, 0.29) is 29.7 Å². The third-order valence-electron chi connectivity index (χ3n) is 4.19. The lowest BCUT2D eigenvalue weighted by atomic mass is 9.87.